The number of amides is 1. The van der Waals surface area contributed by atoms with Crippen molar-refractivity contribution in [2.75, 3.05) is 26.2 Å². The Morgan fingerprint density at radius 2 is 1.95 bits per heavy atom. The van der Waals surface area contributed by atoms with E-state index >= 15 is 0 Å². The van der Waals surface area contributed by atoms with Gasteiger partial charge in [-0.3, -0.25) is 4.79 Å². The number of H-pyrrole nitrogens is 1. The summed E-state index contributed by atoms with van der Waals surface area (Å²) in [6.07, 6.45) is 4.99. The van der Waals surface area contributed by atoms with Crippen molar-refractivity contribution in [3.05, 3.63) is 11.4 Å². The van der Waals surface area contributed by atoms with Crippen molar-refractivity contribution >= 4 is 5.91 Å². The van der Waals surface area contributed by atoms with Crippen molar-refractivity contribution in [3.8, 4) is 0 Å². The lowest BCUT2D eigenvalue weighted by Gasteiger charge is -2.53. The molecule has 20 heavy (non-hydrogen) atoms. The van der Waals surface area contributed by atoms with E-state index in [2.05, 4.69) is 25.6 Å². The van der Waals surface area contributed by atoms with Gasteiger partial charge in [-0.05, 0) is 38.8 Å². The average Bonchev–Trinajstić information content (AvgIpc) is 2.92. The number of hydrogen-bond acceptors (Lipinski definition) is 4. The summed E-state index contributed by atoms with van der Waals surface area (Å²) >= 11 is 0. The van der Waals surface area contributed by atoms with Gasteiger partial charge in [0.15, 0.2) is 0 Å². The number of aryl methyl sites for hydroxylation is 1. The fourth-order valence-electron chi connectivity index (χ4n) is 3.95. The summed E-state index contributed by atoms with van der Waals surface area (Å²) in [5.41, 5.74) is 2.47. The first-order valence-corrected chi connectivity index (χ1v) is 7.64. The van der Waals surface area contributed by atoms with E-state index in [1.54, 1.807) is 0 Å². The first-order chi connectivity index (χ1) is 9.76. The Kier molecular flexibility index (Phi) is 2.80. The van der Waals surface area contributed by atoms with Crippen LogP contribution in [0.15, 0.2) is 0 Å². The van der Waals surface area contributed by atoms with Gasteiger partial charge in [-0.2, -0.15) is 15.4 Å². The molecule has 108 valence electrons. The van der Waals surface area contributed by atoms with E-state index in [-0.39, 0.29) is 5.92 Å². The van der Waals surface area contributed by atoms with Crippen LogP contribution in [0.3, 0.4) is 0 Å². The van der Waals surface area contributed by atoms with Crippen LogP contribution >= 0.6 is 0 Å². The Hall–Kier alpha value is -1.43. The summed E-state index contributed by atoms with van der Waals surface area (Å²) in [5.74, 6) is 0.453. The van der Waals surface area contributed by atoms with Crippen LogP contribution < -0.4 is 5.32 Å². The predicted molar refractivity (Wildman–Crippen MR) is 73.0 cm³/mol. The molecule has 2 N–H and O–H groups in total. The molecule has 2 saturated heterocycles. The maximum atomic E-state index is 12.6. The molecule has 1 aromatic heterocycles. The molecule has 6 nitrogen and oxygen atoms in total. The fraction of sp³-hybridized carbons (Fsp3) is 0.786. The minimum Gasteiger partial charge on any atom is -0.341 e. The smallest absolute Gasteiger partial charge is 0.226 e. The molecule has 1 spiro atoms. The highest BCUT2D eigenvalue weighted by molar-refractivity contribution is 5.80. The standard InChI is InChI=1S/C14H21N5O/c20-13(10-1-2-11-12(7-10)17-18-16-11)19-8-14(9-19)3-5-15-6-4-14/h10,15H,1-9H2,(H,16,17,18). The minimum absolute atomic E-state index is 0.117. The summed E-state index contributed by atoms with van der Waals surface area (Å²) in [7, 11) is 0. The molecule has 0 radical (unpaired) electrons. The van der Waals surface area contributed by atoms with Gasteiger partial charge in [0.2, 0.25) is 5.91 Å². The van der Waals surface area contributed by atoms with Gasteiger partial charge in [0.05, 0.1) is 11.4 Å². The SMILES string of the molecule is O=C(C1CCc2n[nH]nc2C1)N1CC2(CCNCC2)C1. The molecule has 4 rings (SSSR count). The highest BCUT2D eigenvalue weighted by Crippen LogP contribution is 2.40. The molecule has 1 aliphatic carbocycles. The van der Waals surface area contributed by atoms with Crippen molar-refractivity contribution in [3.63, 3.8) is 0 Å². The zero-order valence-electron chi connectivity index (χ0n) is 11.7. The first kappa shape index (κ1) is 12.3. The molecule has 3 heterocycles. The number of likely N-dealkylation sites (tertiary alicyclic amines) is 1. The number of nitrogens with zero attached hydrogens (tertiary/aromatic N) is 3. The van der Waals surface area contributed by atoms with Gasteiger partial charge in [-0.25, -0.2) is 0 Å². The molecule has 2 fully saturated rings. The van der Waals surface area contributed by atoms with E-state index < -0.39 is 0 Å². The second kappa shape index (κ2) is 4.55. The largest absolute Gasteiger partial charge is 0.341 e. The van der Waals surface area contributed by atoms with Crippen LogP contribution in [0.5, 0.6) is 0 Å². The van der Waals surface area contributed by atoms with E-state index in [0.29, 0.717) is 11.3 Å². The van der Waals surface area contributed by atoms with Crippen LogP contribution in [-0.4, -0.2) is 52.4 Å². The van der Waals surface area contributed by atoms with Gasteiger partial charge < -0.3 is 10.2 Å². The van der Waals surface area contributed by atoms with Crippen molar-refractivity contribution in [1.29, 1.82) is 0 Å². The Bertz CT molecular complexity index is 511. The maximum absolute atomic E-state index is 12.6. The van der Waals surface area contributed by atoms with E-state index in [4.69, 9.17) is 0 Å². The Balaban J connectivity index is 1.38. The van der Waals surface area contributed by atoms with Gasteiger partial charge in [0.1, 0.15) is 0 Å². The van der Waals surface area contributed by atoms with Gasteiger partial charge >= 0.3 is 0 Å². The van der Waals surface area contributed by atoms with E-state index in [0.717, 1.165) is 56.8 Å². The van der Waals surface area contributed by atoms with E-state index in [1.165, 1.54) is 12.8 Å². The maximum Gasteiger partial charge on any atom is 0.226 e. The molecule has 2 aliphatic heterocycles. The fourth-order valence-corrected chi connectivity index (χ4v) is 3.95. The third kappa shape index (κ3) is 1.93. The highest BCUT2D eigenvalue weighted by atomic mass is 16.2. The Morgan fingerprint density at radius 3 is 2.75 bits per heavy atom. The van der Waals surface area contributed by atoms with E-state index in [1.807, 2.05) is 0 Å². The topological polar surface area (TPSA) is 73.9 Å². The number of fused-ring (bicyclic) bond motifs is 1. The summed E-state index contributed by atoms with van der Waals surface area (Å²) in [6.45, 7) is 4.15. The van der Waals surface area contributed by atoms with Crippen molar-refractivity contribution < 1.29 is 4.79 Å². The third-order valence-corrected chi connectivity index (χ3v) is 5.25. The number of aromatic nitrogens is 3. The molecule has 6 heteroatoms. The third-order valence-electron chi connectivity index (χ3n) is 5.25. The molecule has 1 aromatic rings. The number of carbonyl (C=O) groups excluding carboxylic acids is 1. The molecular formula is C14H21N5O. The Morgan fingerprint density at radius 1 is 1.20 bits per heavy atom. The minimum atomic E-state index is 0.117. The first-order valence-electron chi connectivity index (χ1n) is 7.64. The second-order valence-corrected chi connectivity index (χ2v) is 6.60. The monoisotopic (exact) mass is 275 g/mol. The van der Waals surface area contributed by atoms with Crippen LogP contribution in [0, 0.1) is 11.3 Å². The van der Waals surface area contributed by atoms with Gasteiger partial charge in [-0.1, -0.05) is 0 Å². The second-order valence-electron chi connectivity index (χ2n) is 6.60. The highest BCUT2D eigenvalue weighted by Gasteiger charge is 2.46. The summed E-state index contributed by atoms with van der Waals surface area (Å²) in [6, 6.07) is 0. The lowest BCUT2D eigenvalue weighted by molar-refractivity contribution is -0.150. The molecular weight excluding hydrogens is 254 g/mol. The predicted octanol–water partition coefficient (Wildman–Crippen LogP) is 0.122. The van der Waals surface area contributed by atoms with E-state index in [9.17, 15) is 4.79 Å². The summed E-state index contributed by atoms with van der Waals surface area (Å²) in [4.78, 5) is 14.7. The lowest BCUT2D eigenvalue weighted by atomic mass is 9.71. The van der Waals surface area contributed by atoms with Crippen molar-refractivity contribution in [2.24, 2.45) is 11.3 Å². The number of aromatic amines is 1. The van der Waals surface area contributed by atoms with Gasteiger partial charge in [0.25, 0.3) is 0 Å². The molecule has 0 aromatic carbocycles. The molecule has 1 atom stereocenters. The van der Waals surface area contributed by atoms with Crippen LogP contribution in [0.25, 0.3) is 0 Å². The van der Waals surface area contributed by atoms with Crippen molar-refractivity contribution in [1.82, 2.24) is 25.6 Å². The number of carbonyl (C=O) groups is 1. The van der Waals surface area contributed by atoms with Crippen LogP contribution in [0.2, 0.25) is 0 Å². The van der Waals surface area contributed by atoms with Crippen LogP contribution in [-0.2, 0) is 17.6 Å². The normalized spacial score (nSPS) is 28.0. The van der Waals surface area contributed by atoms with Crippen LogP contribution in [0.1, 0.15) is 30.7 Å². The summed E-state index contributed by atoms with van der Waals surface area (Å²) in [5, 5.41) is 14.4. The number of rotatable bonds is 1. The quantitative estimate of drug-likeness (QED) is 0.763. The zero-order chi connectivity index (χ0) is 13.6. The zero-order valence-corrected chi connectivity index (χ0v) is 11.7. The summed E-state index contributed by atoms with van der Waals surface area (Å²) < 4.78 is 0. The Labute approximate surface area is 118 Å². The molecule has 3 aliphatic rings. The van der Waals surface area contributed by atoms with Gasteiger partial charge in [0, 0.05) is 30.8 Å². The number of hydrogen-bond donors (Lipinski definition) is 2. The molecule has 0 bridgehead atoms. The average molecular weight is 275 g/mol. The number of piperidine rings is 1. The molecule has 1 amide bonds. The lowest BCUT2D eigenvalue weighted by Crippen LogP contribution is -2.62. The van der Waals surface area contributed by atoms with Crippen LogP contribution in [0.4, 0.5) is 0 Å². The molecule has 0 saturated carbocycles. The molecule has 1 unspecified atom stereocenters. The van der Waals surface area contributed by atoms with Crippen molar-refractivity contribution in [2.45, 2.75) is 32.1 Å². The number of nitrogens with one attached hydrogen (secondary N) is 2. The van der Waals surface area contributed by atoms with Gasteiger partial charge in [-0.15, -0.1) is 0 Å².